The third-order valence-electron chi connectivity index (χ3n) is 4.73. The minimum atomic E-state index is -0.355. The van der Waals surface area contributed by atoms with Crippen molar-refractivity contribution >= 4 is 17.3 Å². The number of para-hydroxylation sites is 2. The molecule has 1 aliphatic heterocycles. The first-order valence-electron chi connectivity index (χ1n) is 9.21. The van der Waals surface area contributed by atoms with Gasteiger partial charge in [0.15, 0.2) is 0 Å². The molecule has 0 spiro atoms. The average Bonchev–Trinajstić information content (AvgIpc) is 2.67. The number of aromatic nitrogens is 1. The highest BCUT2D eigenvalue weighted by atomic mass is 16.6. The normalized spacial score (nSPS) is 16.0. The van der Waals surface area contributed by atoms with E-state index in [0.29, 0.717) is 37.1 Å². The van der Waals surface area contributed by atoms with E-state index in [4.69, 9.17) is 0 Å². The molecule has 1 saturated heterocycles. The summed E-state index contributed by atoms with van der Waals surface area (Å²) in [7, 11) is 0. The lowest BCUT2D eigenvalue weighted by Gasteiger charge is -2.32. The zero-order chi connectivity index (χ0) is 19.4. The van der Waals surface area contributed by atoms with E-state index in [-0.39, 0.29) is 28.5 Å². The van der Waals surface area contributed by atoms with E-state index in [9.17, 15) is 14.9 Å². The first kappa shape index (κ1) is 18.8. The SMILES string of the molecule is CC(C)N=c1ccccn1C(=O)C1CCN(c2ccccc2[N+](=O)[O-])CC1. The highest BCUT2D eigenvalue weighted by Gasteiger charge is 2.28. The fourth-order valence-corrected chi connectivity index (χ4v) is 3.44. The van der Waals surface area contributed by atoms with Crippen LogP contribution in [0.15, 0.2) is 53.7 Å². The lowest BCUT2D eigenvalue weighted by atomic mass is 9.95. The van der Waals surface area contributed by atoms with Crippen LogP contribution in [0.2, 0.25) is 0 Å². The fraction of sp³-hybridized carbons (Fsp3) is 0.400. The predicted octanol–water partition coefficient (Wildman–Crippen LogP) is 3.26. The highest BCUT2D eigenvalue weighted by Crippen LogP contribution is 2.31. The molecule has 3 rings (SSSR count). The lowest BCUT2D eigenvalue weighted by Crippen LogP contribution is -2.40. The Hall–Kier alpha value is -2.96. The molecule has 27 heavy (non-hydrogen) atoms. The van der Waals surface area contributed by atoms with Gasteiger partial charge in [-0.2, -0.15) is 0 Å². The fourth-order valence-electron chi connectivity index (χ4n) is 3.44. The van der Waals surface area contributed by atoms with Crippen molar-refractivity contribution in [2.24, 2.45) is 10.9 Å². The Kier molecular flexibility index (Phi) is 5.69. The van der Waals surface area contributed by atoms with Crippen molar-refractivity contribution in [3.05, 3.63) is 64.3 Å². The van der Waals surface area contributed by atoms with Crippen LogP contribution in [0.4, 0.5) is 11.4 Å². The molecule has 0 saturated carbocycles. The first-order chi connectivity index (χ1) is 13.0. The zero-order valence-electron chi connectivity index (χ0n) is 15.6. The number of nitro groups is 1. The summed E-state index contributed by atoms with van der Waals surface area (Å²) in [6.07, 6.45) is 3.08. The Balaban J connectivity index is 1.76. The van der Waals surface area contributed by atoms with Crippen LogP contribution in [0.5, 0.6) is 0 Å². The second kappa shape index (κ2) is 8.16. The van der Waals surface area contributed by atoms with Crippen LogP contribution in [-0.4, -0.2) is 34.5 Å². The van der Waals surface area contributed by atoms with Gasteiger partial charge in [-0.25, -0.2) is 0 Å². The molecule has 0 aliphatic carbocycles. The third-order valence-corrected chi connectivity index (χ3v) is 4.73. The number of pyridine rings is 1. The van der Waals surface area contributed by atoms with Gasteiger partial charge in [-0.1, -0.05) is 18.2 Å². The van der Waals surface area contributed by atoms with Crippen molar-refractivity contribution in [3.8, 4) is 0 Å². The number of anilines is 1. The molecule has 2 heterocycles. The summed E-state index contributed by atoms with van der Waals surface area (Å²) in [5.41, 5.74) is 1.40. The Labute approximate surface area is 158 Å². The minimum Gasteiger partial charge on any atom is -0.366 e. The predicted molar refractivity (Wildman–Crippen MR) is 104 cm³/mol. The number of rotatable bonds is 4. The van der Waals surface area contributed by atoms with E-state index in [1.54, 1.807) is 29.0 Å². The standard InChI is InChI=1S/C20H24N4O3/c1-15(2)21-19-9-5-6-12-23(19)20(25)16-10-13-22(14-11-16)17-7-3-4-8-18(17)24(26)27/h3-9,12,15-16H,10-11,13-14H2,1-2H3. The Morgan fingerprint density at radius 3 is 2.48 bits per heavy atom. The van der Waals surface area contributed by atoms with Gasteiger partial charge >= 0.3 is 0 Å². The molecular weight excluding hydrogens is 344 g/mol. The summed E-state index contributed by atoms with van der Waals surface area (Å²) >= 11 is 0. The summed E-state index contributed by atoms with van der Waals surface area (Å²) in [5, 5.41) is 11.3. The van der Waals surface area contributed by atoms with Crippen LogP contribution >= 0.6 is 0 Å². The second-order valence-corrected chi connectivity index (χ2v) is 7.00. The molecule has 1 fully saturated rings. The van der Waals surface area contributed by atoms with Crippen molar-refractivity contribution in [2.75, 3.05) is 18.0 Å². The monoisotopic (exact) mass is 368 g/mol. The summed E-state index contributed by atoms with van der Waals surface area (Å²) in [6, 6.07) is 12.4. The Morgan fingerprint density at radius 1 is 1.15 bits per heavy atom. The molecule has 0 bridgehead atoms. The van der Waals surface area contributed by atoms with Crippen molar-refractivity contribution in [2.45, 2.75) is 32.7 Å². The van der Waals surface area contributed by atoms with Crippen LogP contribution in [0.1, 0.15) is 31.5 Å². The van der Waals surface area contributed by atoms with Crippen molar-refractivity contribution in [1.29, 1.82) is 0 Å². The minimum absolute atomic E-state index is 0.0391. The van der Waals surface area contributed by atoms with Gasteiger partial charge in [-0.3, -0.25) is 24.5 Å². The summed E-state index contributed by atoms with van der Waals surface area (Å²) in [4.78, 5) is 30.4. The van der Waals surface area contributed by atoms with E-state index in [1.165, 1.54) is 6.07 Å². The molecule has 0 amide bonds. The maximum Gasteiger partial charge on any atom is 0.292 e. The van der Waals surface area contributed by atoms with Gasteiger partial charge in [0.05, 0.1) is 4.92 Å². The molecule has 1 aromatic heterocycles. The molecule has 142 valence electrons. The van der Waals surface area contributed by atoms with Crippen LogP contribution in [0.3, 0.4) is 0 Å². The first-order valence-corrected chi connectivity index (χ1v) is 9.21. The molecule has 0 unspecified atom stereocenters. The van der Waals surface area contributed by atoms with E-state index >= 15 is 0 Å². The molecule has 0 atom stereocenters. The van der Waals surface area contributed by atoms with Gasteiger partial charge in [0.25, 0.3) is 5.69 Å². The molecule has 0 radical (unpaired) electrons. The van der Waals surface area contributed by atoms with Gasteiger partial charge in [-0.15, -0.1) is 0 Å². The molecule has 1 aliphatic rings. The van der Waals surface area contributed by atoms with Gasteiger partial charge in [0.1, 0.15) is 11.2 Å². The maximum absolute atomic E-state index is 13.0. The van der Waals surface area contributed by atoms with Gasteiger partial charge in [0.2, 0.25) is 5.91 Å². The number of hydrogen-bond acceptors (Lipinski definition) is 5. The van der Waals surface area contributed by atoms with Crippen molar-refractivity contribution in [1.82, 2.24) is 4.57 Å². The molecule has 7 heteroatoms. The number of carbonyl (C=O) groups excluding carboxylic acids is 1. The number of nitrogens with zero attached hydrogens (tertiary/aromatic N) is 4. The zero-order valence-corrected chi connectivity index (χ0v) is 15.6. The van der Waals surface area contributed by atoms with Gasteiger partial charge in [0, 0.05) is 37.3 Å². The van der Waals surface area contributed by atoms with Gasteiger partial charge in [-0.05, 0) is 44.9 Å². The Morgan fingerprint density at radius 2 is 1.81 bits per heavy atom. The highest BCUT2D eigenvalue weighted by molar-refractivity contribution is 5.81. The number of hydrogen-bond donors (Lipinski definition) is 0. The van der Waals surface area contributed by atoms with E-state index < -0.39 is 0 Å². The molecule has 1 aromatic carbocycles. The quantitative estimate of drug-likeness (QED) is 0.613. The number of carbonyl (C=O) groups is 1. The molecule has 2 aromatic rings. The third kappa shape index (κ3) is 4.24. The summed E-state index contributed by atoms with van der Waals surface area (Å²) in [6.45, 7) is 5.19. The largest absolute Gasteiger partial charge is 0.366 e. The van der Waals surface area contributed by atoms with Crippen LogP contribution < -0.4 is 10.4 Å². The topological polar surface area (TPSA) is 80.7 Å². The van der Waals surface area contributed by atoms with E-state index in [1.807, 2.05) is 36.9 Å². The van der Waals surface area contributed by atoms with Crippen LogP contribution in [-0.2, 0) is 0 Å². The summed E-state index contributed by atoms with van der Waals surface area (Å²) in [5.74, 6) is -0.0743. The van der Waals surface area contributed by atoms with E-state index in [0.717, 1.165) is 0 Å². The maximum atomic E-state index is 13.0. The average molecular weight is 368 g/mol. The molecular formula is C20H24N4O3. The van der Waals surface area contributed by atoms with Crippen LogP contribution in [0, 0.1) is 16.0 Å². The number of nitro benzene ring substituents is 1. The van der Waals surface area contributed by atoms with Gasteiger partial charge < -0.3 is 4.90 Å². The lowest BCUT2D eigenvalue weighted by molar-refractivity contribution is -0.384. The summed E-state index contributed by atoms with van der Waals surface area (Å²) < 4.78 is 1.63. The smallest absolute Gasteiger partial charge is 0.292 e. The number of piperidine rings is 1. The second-order valence-electron chi connectivity index (χ2n) is 7.00. The van der Waals surface area contributed by atoms with Crippen LogP contribution in [0.25, 0.3) is 0 Å². The molecule has 0 N–H and O–H groups in total. The molecule has 7 nitrogen and oxygen atoms in total. The Bertz CT molecular complexity index is 896. The van der Waals surface area contributed by atoms with E-state index in [2.05, 4.69) is 4.99 Å². The van der Waals surface area contributed by atoms with Crippen molar-refractivity contribution in [3.63, 3.8) is 0 Å². The van der Waals surface area contributed by atoms with Crippen molar-refractivity contribution < 1.29 is 9.72 Å². The number of benzene rings is 1.